The summed E-state index contributed by atoms with van der Waals surface area (Å²) < 4.78 is 1.15. The first-order valence-electron chi connectivity index (χ1n) is 3.02. The number of nitrogens with zero attached hydrogens (tertiary/aromatic N) is 1. The van der Waals surface area contributed by atoms with Crippen molar-refractivity contribution in [3.05, 3.63) is 28.7 Å². The van der Waals surface area contributed by atoms with E-state index in [0.29, 0.717) is 5.69 Å². The van der Waals surface area contributed by atoms with Gasteiger partial charge in [0, 0.05) is 6.20 Å². The maximum atomic E-state index is 11.2. The van der Waals surface area contributed by atoms with Gasteiger partial charge in [0.25, 0.3) is 0 Å². The fraction of sp³-hybridized carbons (Fsp3) is 0.167. The lowest BCUT2D eigenvalue weighted by atomic mass is 10.4. The molecule has 0 radical (unpaired) electrons. The lowest BCUT2D eigenvalue weighted by molar-refractivity contribution is 0.157. The van der Waals surface area contributed by atoms with Crippen LogP contribution in [0.15, 0.2) is 23.1 Å². The molecule has 60 valence electrons. The zero-order valence-electron chi connectivity index (χ0n) is 6.07. The first-order chi connectivity index (χ1) is 5.29. The predicted molar refractivity (Wildman–Crippen MR) is 46.5 cm³/mol. The third kappa shape index (κ3) is 1.52. The van der Waals surface area contributed by atoms with Crippen molar-refractivity contribution >= 4 is 15.1 Å². The van der Waals surface area contributed by atoms with Crippen LogP contribution in [0, 0.1) is 0 Å². The Morgan fingerprint density at radius 3 is 3.00 bits per heavy atom. The van der Waals surface area contributed by atoms with E-state index in [2.05, 4.69) is 14.5 Å². The van der Waals surface area contributed by atoms with Crippen molar-refractivity contribution in [3.63, 3.8) is 0 Å². The number of aromatic nitrogens is 1. The second kappa shape index (κ2) is 3.39. The van der Waals surface area contributed by atoms with Crippen molar-refractivity contribution < 1.29 is 4.84 Å². The van der Waals surface area contributed by atoms with Crippen LogP contribution in [-0.2, 0) is 0 Å². The highest BCUT2D eigenvalue weighted by Gasteiger charge is 1.98. The summed E-state index contributed by atoms with van der Waals surface area (Å²) in [5, 5.41) is 2.67. The Morgan fingerprint density at radius 1 is 1.73 bits per heavy atom. The van der Waals surface area contributed by atoms with E-state index in [1.807, 2.05) is 0 Å². The quantitative estimate of drug-likeness (QED) is 0.644. The monoisotopic (exact) mass is 172 g/mol. The summed E-state index contributed by atoms with van der Waals surface area (Å²) in [6.07, 6.45) is 1.55. The summed E-state index contributed by atoms with van der Waals surface area (Å²) in [5.41, 5.74) is 0.282. The smallest absolute Gasteiger partial charge is 0.306 e. The standard InChI is InChI=1S/C6H9N2O2P/c1-10-8-4-2-3-5(7-11)6(8)9/h2-4,7H,11H2,1H3. The molecular weight excluding hydrogens is 163 g/mol. The molecule has 1 rings (SSSR count). The maximum Gasteiger partial charge on any atom is 0.306 e. The molecule has 1 N–H and O–H groups in total. The summed E-state index contributed by atoms with van der Waals surface area (Å²) >= 11 is 0. The van der Waals surface area contributed by atoms with Crippen molar-refractivity contribution in [1.29, 1.82) is 0 Å². The van der Waals surface area contributed by atoms with Gasteiger partial charge in [-0.25, -0.2) is 0 Å². The molecule has 5 heteroatoms. The lowest BCUT2D eigenvalue weighted by Crippen LogP contribution is -2.24. The number of rotatable bonds is 2. The van der Waals surface area contributed by atoms with Gasteiger partial charge < -0.3 is 9.92 Å². The first kappa shape index (κ1) is 8.08. The molecular formula is C6H9N2O2P. The molecule has 1 heterocycles. The van der Waals surface area contributed by atoms with E-state index in [1.54, 1.807) is 18.3 Å². The summed E-state index contributed by atoms with van der Waals surface area (Å²) in [4.78, 5) is 15.9. The van der Waals surface area contributed by atoms with E-state index in [0.717, 1.165) is 4.73 Å². The van der Waals surface area contributed by atoms with Gasteiger partial charge in [-0.2, -0.15) is 4.73 Å². The summed E-state index contributed by atoms with van der Waals surface area (Å²) in [7, 11) is 3.69. The van der Waals surface area contributed by atoms with E-state index in [9.17, 15) is 4.79 Å². The molecule has 4 nitrogen and oxygen atoms in total. The number of hydrogen-bond acceptors (Lipinski definition) is 3. The van der Waals surface area contributed by atoms with Crippen LogP contribution in [-0.4, -0.2) is 11.8 Å². The van der Waals surface area contributed by atoms with Gasteiger partial charge in [0.05, 0.1) is 0 Å². The van der Waals surface area contributed by atoms with Crippen LogP contribution in [0.4, 0.5) is 5.69 Å². The fourth-order valence-corrected chi connectivity index (χ4v) is 0.948. The molecule has 0 spiro atoms. The van der Waals surface area contributed by atoms with Crippen molar-refractivity contribution in [2.24, 2.45) is 0 Å². The van der Waals surface area contributed by atoms with E-state index in [-0.39, 0.29) is 5.56 Å². The van der Waals surface area contributed by atoms with Crippen LogP contribution < -0.4 is 15.5 Å². The highest BCUT2D eigenvalue weighted by molar-refractivity contribution is 7.18. The molecule has 1 unspecified atom stereocenters. The minimum atomic E-state index is -0.204. The van der Waals surface area contributed by atoms with Gasteiger partial charge >= 0.3 is 5.56 Å². The van der Waals surface area contributed by atoms with Crippen LogP contribution >= 0.6 is 9.39 Å². The van der Waals surface area contributed by atoms with Crippen LogP contribution in [0.25, 0.3) is 0 Å². The first-order valence-corrected chi connectivity index (χ1v) is 3.60. The minimum Gasteiger partial charge on any atom is -0.414 e. The van der Waals surface area contributed by atoms with Crippen molar-refractivity contribution in [2.45, 2.75) is 0 Å². The van der Waals surface area contributed by atoms with E-state index >= 15 is 0 Å². The van der Waals surface area contributed by atoms with Crippen LogP contribution in [0.5, 0.6) is 0 Å². The summed E-state index contributed by atoms with van der Waals surface area (Å²) in [6, 6.07) is 3.39. The largest absolute Gasteiger partial charge is 0.414 e. The average molecular weight is 172 g/mol. The van der Waals surface area contributed by atoms with Gasteiger partial charge in [0.15, 0.2) is 0 Å². The Balaban J connectivity index is 3.21. The molecule has 0 aliphatic heterocycles. The molecule has 0 aliphatic carbocycles. The van der Waals surface area contributed by atoms with Gasteiger partial charge in [-0.05, 0) is 21.5 Å². The third-order valence-corrected chi connectivity index (χ3v) is 1.58. The molecule has 1 atom stereocenters. The highest BCUT2D eigenvalue weighted by Crippen LogP contribution is 1.99. The van der Waals surface area contributed by atoms with Crippen LogP contribution in [0.3, 0.4) is 0 Å². The number of hydrogen-bond donors (Lipinski definition) is 1. The van der Waals surface area contributed by atoms with Crippen molar-refractivity contribution in [3.8, 4) is 0 Å². The second-order valence-electron chi connectivity index (χ2n) is 1.88. The van der Waals surface area contributed by atoms with Gasteiger partial charge in [-0.15, -0.1) is 0 Å². The summed E-state index contributed by atoms with van der Waals surface area (Å²) in [5.74, 6) is 0. The Hall–Kier alpha value is -1.02. The van der Waals surface area contributed by atoms with Gasteiger partial charge in [0.1, 0.15) is 12.8 Å². The van der Waals surface area contributed by atoms with Gasteiger partial charge in [-0.1, -0.05) is 0 Å². The molecule has 1 aromatic heterocycles. The lowest BCUT2D eigenvalue weighted by Gasteiger charge is -2.03. The van der Waals surface area contributed by atoms with Crippen LogP contribution in [0.1, 0.15) is 0 Å². The predicted octanol–water partition coefficient (Wildman–Crippen LogP) is 0.109. The van der Waals surface area contributed by atoms with E-state index in [4.69, 9.17) is 4.84 Å². The molecule has 0 amide bonds. The fourth-order valence-electron chi connectivity index (χ4n) is 0.729. The Bertz CT molecular complexity index is 272. The molecule has 0 aliphatic rings. The zero-order chi connectivity index (χ0) is 8.27. The molecule has 0 aromatic carbocycles. The molecule has 0 saturated carbocycles. The zero-order valence-corrected chi connectivity index (χ0v) is 7.23. The SMILES string of the molecule is COn1cccc(NP)c1=O. The maximum absolute atomic E-state index is 11.2. The minimum absolute atomic E-state index is 0.204. The molecule has 0 bridgehead atoms. The third-order valence-electron chi connectivity index (χ3n) is 1.27. The van der Waals surface area contributed by atoms with Crippen molar-refractivity contribution in [2.75, 3.05) is 12.2 Å². The molecule has 11 heavy (non-hydrogen) atoms. The van der Waals surface area contributed by atoms with Gasteiger partial charge in [-0.3, -0.25) is 4.79 Å². The highest BCUT2D eigenvalue weighted by atomic mass is 31.0. The molecule has 1 aromatic rings. The Kier molecular flexibility index (Phi) is 2.49. The normalized spacial score (nSPS) is 9.27. The van der Waals surface area contributed by atoms with E-state index < -0.39 is 0 Å². The summed E-state index contributed by atoms with van der Waals surface area (Å²) in [6.45, 7) is 0. The topological polar surface area (TPSA) is 43.3 Å². The number of pyridine rings is 1. The number of anilines is 1. The van der Waals surface area contributed by atoms with Gasteiger partial charge in [0.2, 0.25) is 0 Å². The van der Waals surface area contributed by atoms with E-state index in [1.165, 1.54) is 7.11 Å². The Labute approximate surface area is 66.4 Å². The number of nitrogens with one attached hydrogen (secondary N) is 1. The molecule has 0 fully saturated rings. The average Bonchev–Trinajstić information content (AvgIpc) is 2.05. The molecule has 0 saturated heterocycles. The Morgan fingerprint density at radius 2 is 2.45 bits per heavy atom. The van der Waals surface area contributed by atoms with Crippen molar-refractivity contribution in [1.82, 2.24) is 4.73 Å². The van der Waals surface area contributed by atoms with Crippen LogP contribution in [0.2, 0.25) is 0 Å². The second-order valence-corrected chi connectivity index (χ2v) is 2.17.